The average Bonchev–Trinajstić information content (AvgIpc) is 3.49. The van der Waals surface area contributed by atoms with E-state index in [9.17, 15) is 19.8 Å². The maximum Gasteiger partial charge on any atom is 0.265 e. The van der Waals surface area contributed by atoms with Gasteiger partial charge in [-0.3, -0.25) is 14.5 Å². The molecule has 0 spiro atoms. The second-order valence-corrected chi connectivity index (χ2v) is 14.7. The number of carbonyl (C=O) groups excluding carboxylic acids is 2. The molecule has 0 fully saturated rings. The van der Waals surface area contributed by atoms with E-state index in [2.05, 4.69) is 30.8 Å². The fourth-order valence-corrected chi connectivity index (χ4v) is 7.45. The lowest BCUT2D eigenvalue weighted by atomic mass is 9.60. The number of rotatable bonds is 8. The summed E-state index contributed by atoms with van der Waals surface area (Å²) in [5.74, 6) is -2.65. The molecular weight excluding hydrogens is 644 g/mol. The quantitative estimate of drug-likeness (QED) is 0.201. The number of hydrogen-bond acceptors (Lipinski definition) is 9. The molecule has 0 radical (unpaired) electrons. The van der Waals surface area contributed by atoms with Gasteiger partial charge in [-0.05, 0) is 80.1 Å². The third kappa shape index (κ3) is 5.73. The van der Waals surface area contributed by atoms with Gasteiger partial charge < -0.3 is 24.2 Å². The Balaban J connectivity index is 1.27. The summed E-state index contributed by atoms with van der Waals surface area (Å²) < 4.78 is 17.7. The first-order valence-electron chi connectivity index (χ1n) is 16.5. The number of aliphatic hydroxyl groups is 2. The zero-order chi connectivity index (χ0) is 34.7. The topological polar surface area (TPSA) is 122 Å². The number of fused-ring (bicyclic) bond motifs is 4. The molecule has 3 atom stereocenters. The number of ether oxygens (including phenoxy) is 2. The van der Waals surface area contributed by atoms with E-state index in [0.29, 0.717) is 29.3 Å². The molecule has 0 aliphatic heterocycles. The maximum absolute atomic E-state index is 14.5. The van der Waals surface area contributed by atoms with Crippen LogP contribution in [0.1, 0.15) is 75.9 Å². The van der Waals surface area contributed by atoms with E-state index >= 15 is 0 Å². The summed E-state index contributed by atoms with van der Waals surface area (Å²) in [6, 6.07) is 20.8. The van der Waals surface area contributed by atoms with Crippen molar-refractivity contribution in [2.45, 2.75) is 70.9 Å². The van der Waals surface area contributed by atoms with Crippen molar-refractivity contribution in [2.75, 3.05) is 7.05 Å². The predicted octanol–water partition coefficient (Wildman–Crippen LogP) is 7.07. The third-order valence-corrected chi connectivity index (χ3v) is 10.7. The number of nitrogens with zero attached hydrogens (tertiary/aromatic N) is 2. The molecule has 3 aromatic carbocycles. The zero-order valence-corrected chi connectivity index (χ0v) is 28.7. The van der Waals surface area contributed by atoms with Crippen molar-refractivity contribution in [1.82, 2.24) is 10.1 Å². The van der Waals surface area contributed by atoms with Gasteiger partial charge in [-0.1, -0.05) is 72.3 Å². The third-order valence-electron chi connectivity index (χ3n) is 10.3. The molecule has 0 saturated carbocycles. The summed E-state index contributed by atoms with van der Waals surface area (Å²) in [6.07, 6.45) is 0.698. The number of halogens is 1. The first-order valence-corrected chi connectivity index (χ1v) is 16.9. The van der Waals surface area contributed by atoms with Crippen molar-refractivity contribution in [2.24, 2.45) is 11.8 Å². The highest BCUT2D eigenvalue weighted by Crippen LogP contribution is 2.53. The van der Waals surface area contributed by atoms with Crippen LogP contribution in [0.25, 0.3) is 0 Å². The molecule has 1 heterocycles. The van der Waals surface area contributed by atoms with Crippen LogP contribution in [0, 0.1) is 11.8 Å². The lowest BCUT2D eigenvalue weighted by Gasteiger charge is -2.45. The molecule has 3 aliphatic rings. The van der Waals surface area contributed by atoms with E-state index in [0.717, 1.165) is 16.7 Å². The lowest BCUT2D eigenvalue weighted by Crippen LogP contribution is -2.56. The molecule has 0 amide bonds. The van der Waals surface area contributed by atoms with E-state index in [1.165, 1.54) is 0 Å². The van der Waals surface area contributed by atoms with Crippen molar-refractivity contribution < 1.29 is 33.8 Å². The van der Waals surface area contributed by atoms with Crippen molar-refractivity contribution in [1.29, 1.82) is 0 Å². The van der Waals surface area contributed by atoms with Crippen LogP contribution in [0.3, 0.4) is 0 Å². The predicted molar refractivity (Wildman–Crippen MR) is 183 cm³/mol. The van der Waals surface area contributed by atoms with E-state index in [1.54, 1.807) is 6.07 Å². The van der Waals surface area contributed by atoms with Gasteiger partial charge in [0.25, 0.3) is 5.88 Å². The normalized spacial score (nSPS) is 21.6. The smallest absolute Gasteiger partial charge is 0.265 e. The summed E-state index contributed by atoms with van der Waals surface area (Å²) >= 11 is 7.12. The Labute approximate surface area is 290 Å². The molecule has 7 rings (SSSR count). The Morgan fingerprint density at radius 1 is 0.980 bits per heavy atom. The van der Waals surface area contributed by atoms with Gasteiger partial charge in [0.05, 0.1) is 5.56 Å². The van der Waals surface area contributed by atoms with Gasteiger partial charge in [0.15, 0.2) is 17.1 Å². The van der Waals surface area contributed by atoms with E-state index in [-0.39, 0.29) is 59.9 Å². The van der Waals surface area contributed by atoms with Crippen molar-refractivity contribution in [3.63, 3.8) is 0 Å². The Bertz CT molecular complexity index is 1960. The van der Waals surface area contributed by atoms with Gasteiger partial charge in [-0.2, -0.15) is 0 Å². The van der Waals surface area contributed by atoms with Gasteiger partial charge in [-0.15, -0.1) is 0 Å². The molecule has 1 aromatic heterocycles. The minimum absolute atomic E-state index is 0.00597. The fraction of sp³-hybridized carbons (Fsp3) is 0.359. The largest absolute Gasteiger partial charge is 0.508 e. The highest BCUT2D eigenvalue weighted by Gasteiger charge is 2.60. The number of ketones is 2. The maximum atomic E-state index is 14.5. The van der Waals surface area contributed by atoms with Crippen molar-refractivity contribution >= 4 is 23.2 Å². The molecule has 254 valence electrons. The van der Waals surface area contributed by atoms with Gasteiger partial charge in [0.1, 0.15) is 30.3 Å². The fourth-order valence-electron chi connectivity index (χ4n) is 7.16. The average molecular weight is 683 g/mol. The monoisotopic (exact) mass is 682 g/mol. The molecule has 0 unspecified atom stereocenters. The molecule has 3 aliphatic carbocycles. The summed E-state index contributed by atoms with van der Waals surface area (Å²) in [5.41, 5.74) is 0.956. The van der Waals surface area contributed by atoms with Crippen LogP contribution in [-0.2, 0) is 32.6 Å². The van der Waals surface area contributed by atoms with Gasteiger partial charge in [0.2, 0.25) is 5.78 Å². The van der Waals surface area contributed by atoms with E-state index in [4.69, 9.17) is 25.6 Å². The number of Topliss-reactive ketones (excluding diaryl/α,β-unsaturated/α-hetero) is 2. The van der Waals surface area contributed by atoms with Crippen LogP contribution in [0.2, 0.25) is 5.02 Å². The Morgan fingerprint density at radius 2 is 1.61 bits per heavy atom. The molecule has 9 nitrogen and oxygen atoms in total. The van der Waals surface area contributed by atoms with E-state index in [1.807, 2.05) is 67.7 Å². The number of allylic oxidation sites excluding steroid dienone is 1. The Hall–Kier alpha value is -4.44. The molecular formula is C39H39ClN2O7. The highest BCUT2D eigenvalue weighted by molar-refractivity contribution is 6.33. The minimum atomic E-state index is -2.35. The number of aromatic nitrogens is 1. The second kappa shape index (κ2) is 12.5. The van der Waals surface area contributed by atoms with Gasteiger partial charge >= 0.3 is 0 Å². The summed E-state index contributed by atoms with van der Waals surface area (Å²) in [6.45, 7) is 7.19. The van der Waals surface area contributed by atoms with Crippen LogP contribution >= 0.6 is 11.6 Å². The van der Waals surface area contributed by atoms with Crippen molar-refractivity contribution in [3.05, 3.63) is 122 Å². The SMILES string of the molecule is CN(Cc1cc(OCc2ccccc2)c2c(c1Cl)C[C@H]1C[C@H]3Cc4onc(OCc5ccccc5)c4C(=O)[C@@]3(O)C(O)=C1C2=O)C(C)(C)C. The molecule has 0 bridgehead atoms. The number of aliphatic hydroxyl groups excluding tert-OH is 1. The highest BCUT2D eigenvalue weighted by atomic mass is 35.5. The van der Waals surface area contributed by atoms with Crippen LogP contribution in [0.15, 0.2) is 82.6 Å². The van der Waals surface area contributed by atoms with Gasteiger partial charge in [-0.25, -0.2) is 0 Å². The van der Waals surface area contributed by atoms with Crippen LogP contribution in [0.4, 0.5) is 0 Å². The minimum Gasteiger partial charge on any atom is -0.508 e. The summed E-state index contributed by atoms with van der Waals surface area (Å²) in [4.78, 5) is 30.8. The first kappa shape index (κ1) is 33.1. The molecule has 2 N–H and O–H groups in total. The zero-order valence-electron chi connectivity index (χ0n) is 28.0. The molecule has 10 heteroatoms. The Kier molecular flexibility index (Phi) is 8.41. The summed E-state index contributed by atoms with van der Waals surface area (Å²) in [7, 11) is 2.02. The molecule has 49 heavy (non-hydrogen) atoms. The van der Waals surface area contributed by atoms with Crippen LogP contribution in [-0.4, -0.2) is 50.0 Å². The second-order valence-electron chi connectivity index (χ2n) is 14.3. The van der Waals surface area contributed by atoms with Crippen molar-refractivity contribution in [3.8, 4) is 11.6 Å². The molecule has 0 saturated heterocycles. The Morgan fingerprint density at radius 3 is 2.24 bits per heavy atom. The lowest BCUT2D eigenvalue weighted by molar-refractivity contribution is -0.0257. The van der Waals surface area contributed by atoms with E-state index < -0.39 is 34.8 Å². The van der Waals surface area contributed by atoms with Crippen LogP contribution < -0.4 is 9.47 Å². The van der Waals surface area contributed by atoms with Gasteiger partial charge in [0, 0.05) is 35.0 Å². The van der Waals surface area contributed by atoms with Crippen LogP contribution in [0.5, 0.6) is 11.6 Å². The molecule has 4 aromatic rings. The standard InChI is InChI=1S/C39H39ClN2O7/c1-38(2,3)42(4)19-25-17-28(47-20-22-11-7-5-8-12-22)31-27(33(25)40)16-24-15-26-18-29-32(36(45)39(26,46)35(44)30(24)34(31)43)37(41-49-29)48-21-23-13-9-6-10-14-23/h5-14,17,24,26,44,46H,15-16,18-21H2,1-4H3/t24-,26+,39+/m1/s1. The first-order chi connectivity index (χ1) is 23.4. The number of hydrogen-bond donors (Lipinski definition) is 2. The summed E-state index contributed by atoms with van der Waals surface area (Å²) in [5, 5.41) is 28.4. The number of carbonyl (C=O) groups is 2. The number of benzene rings is 3.